The van der Waals surface area contributed by atoms with E-state index in [9.17, 15) is 0 Å². The van der Waals surface area contributed by atoms with Crippen LogP contribution in [0.15, 0.2) is 0 Å². The van der Waals surface area contributed by atoms with E-state index in [0.717, 1.165) is 31.7 Å². The molecule has 86 valence electrons. The average molecular weight is 232 g/mol. The molecule has 4 nitrogen and oxygen atoms in total. The summed E-state index contributed by atoms with van der Waals surface area (Å²) in [6, 6.07) is 0. The molecule has 0 radical (unpaired) electrons. The second kappa shape index (κ2) is 6.10. The van der Waals surface area contributed by atoms with Crippen LogP contribution in [0.1, 0.15) is 31.7 Å². The highest BCUT2D eigenvalue weighted by Crippen LogP contribution is 2.22. The van der Waals surface area contributed by atoms with Crippen molar-refractivity contribution >= 4 is 11.6 Å². The lowest BCUT2D eigenvalue weighted by atomic mass is 10.3. The highest BCUT2D eigenvalue weighted by atomic mass is 35.5. The van der Waals surface area contributed by atoms with E-state index < -0.39 is 0 Å². The fraction of sp³-hybridized carbons (Fsp3) is 0.700. The van der Waals surface area contributed by atoms with Crippen molar-refractivity contribution < 1.29 is 5.11 Å². The zero-order valence-corrected chi connectivity index (χ0v) is 10.0. The van der Waals surface area contributed by atoms with Crippen LogP contribution in [0.25, 0.3) is 0 Å². The van der Waals surface area contributed by atoms with Crippen LogP contribution in [0.5, 0.6) is 0 Å². The quantitative estimate of drug-likeness (QED) is 0.771. The van der Waals surface area contributed by atoms with Crippen LogP contribution in [0.3, 0.4) is 0 Å². The molecule has 1 aromatic heterocycles. The van der Waals surface area contributed by atoms with Crippen molar-refractivity contribution in [3.63, 3.8) is 0 Å². The molecule has 0 saturated carbocycles. The van der Waals surface area contributed by atoms with Gasteiger partial charge in [0.1, 0.15) is 5.69 Å². The van der Waals surface area contributed by atoms with Crippen LogP contribution >= 0.6 is 11.6 Å². The number of hydrogen-bond acceptors (Lipinski definition) is 3. The van der Waals surface area contributed by atoms with Gasteiger partial charge in [0.25, 0.3) is 0 Å². The van der Waals surface area contributed by atoms with E-state index in [4.69, 9.17) is 16.7 Å². The van der Waals surface area contributed by atoms with Crippen molar-refractivity contribution in [2.75, 3.05) is 6.54 Å². The first-order valence-corrected chi connectivity index (χ1v) is 5.76. The Balaban J connectivity index is 0.000000531. The van der Waals surface area contributed by atoms with E-state index in [1.807, 2.05) is 18.5 Å². The Bertz CT molecular complexity index is 312. The van der Waals surface area contributed by atoms with Crippen LogP contribution in [-0.2, 0) is 19.7 Å². The predicted octanol–water partition coefficient (Wildman–Crippen LogP) is 1.55. The summed E-state index contributed by atoms with van der Waals surface area (Å²) in [6.07, 6.45) is 1.05. The number of halogens is 1. The van der Waals surface area contributed by atoms with Gasteiger partial charge in [-0.15, -0.1) is 0 Å². The summed E-state index contributed by atoms with van der Waals surface area (Å²) in [5.74, 6) is 0. The lowest BCUT2D eigenvalue weighted by Gasteiger charge is -1.99. The Kier molecular flexibility index (Phi) is 5.08. The van der Waals surface area contributed by atoms with Gasteiger partial charge in [-0.2, -0.15) is 5.10 Å². The summed E-state index contributed by atoms with van der Waals surface area (Å²) < 4.78 is 1.88. The molecule has 15 heavy (non-hydrogen) atoms. The number of nitrogens with one attached hydrogen (secondary N) is 1. The molecular formula is C10H18ClN3O. The number of nitrogens with zero attached hydrogens (tertiary/aromatic N) is 2. The molecular weight excluding hydrogens is 214 g/mol. The lowest BCUT2D eigenvalue weighted by Crippen LogP contribution is -2.12. The van der Waals surface area contributed by atoms with Crippen molar-refractivity contribution in [3.05, 3.63) is 16.4 Å². The molecule has 0 amide bonds. The van der Waals surface area contributed by atoms with Gasteiger partial charge < -0.3 is 10.4 Å². The number of aliphatic hydroxyl groups excluding tert-OH is 1. The molecule has 0 atom stereocenters. The maximum absolute atomic E-state index is 8.96. The van der Waals surface area contributed by atoms with Gasteiger partial charge >= 0.3 is 0 Å². The first-order valence-electron chi connectivity index (χ1n) is 5.38. The molecule has 0 bridgehead atoms. The van der Waals surface area contributed by atoms with E-state index in [1.165, 1.54) is 0 Å². The van der Waals surface area contributed by atoms with Crippen molar-refractivity contribution in [2.45, 2.75) is 40.0 Å². The van der Waals surface area contributed by atoms with Gasteiger partial charge in [0.05, 0.1) is 17.3 Å². The SMILES string of the molecule is CC.OCc1nn2c(c1Cl)CNCCC2. The predicted molar refractivity (Wildman–Crippen MR) is 60.8 cm³/mol. The zero-order chi connectivity index (χ0) is 11.3. The first-order chi connectivity index (χ1) is 7.33. The highest BCUT2D eigenvalue weighted by Gasteiger charge is 2.16. The van der Waals surface area contributed by atoms with Crippen molar-refractivity contribution in [1.29, 1.82) is 0 Å². The molecule has 2 heterocycles. The minimum absolute atomic E-state index is 0.0845. The maximum Gasteiger partial charge on any atom is 0.107 e. The molecule has 5 heteroatoms. The summed E-state index contributed by atoms with van der Waals surface area (Å²) >= 11 is 6.03. The van der Waals surface area contributed by atoms with Gasteiger partial charge in [-0.05, 0) is 13.0 Å². The van der Waals surface area contributed by atoms with Crippen LogP contribution in [0.2, 0.25) is 5.02 Å². The molecule has 0 spiro atoms. The molecule has 2 N–H and O–H groups in total. The molecule has 0 saturated heterocycles. The molecule has 1 aliphatic rings. The molecule has 2 rings (SSSR count). The van der Waals surface area contributed by atoms with Crippen molar-refractivity contribution in [3.8, 4) is 0 Å². The van der Waals surface area contributed by atoms with Crippen LogP contribution in [0.4, 0.5) is 0 Å². The average Bonchev–Trinajstić information content (AvgIpc) is 2.47. The largest absolute Gasteiger partial charge is 0.390 e. The summed E-state index contributed by atoms with van der Waals surface area (Å²) in [7, 11) is 0. The first kappa shape index (κ1) is 12.5. The monoisotopic (exact) mass is 231 g/mol. The van der Waals surface area contributed by atoms with E-state index in [-0.39, 0.29) is 6.61 Å². The van der Waals surface area contributed by atoms with E-state index >= 15 is 0 Å². The Morgan fingerprint density at radius 1 is 1.53 bits per heavy atom. The fourth-order valence-corrected chi connectivity index (χ4v) is 1.81. The summed E-state index contributed by atoms with van der Waals surface area (Å²) in [5.41, 5.74) is 1.57. The van der Waals surface area contributed by atoms with Gasteiger partial charge in [-0.3, -0.25) is 4.68 Å². The standard InChI is InChI=1S/C8H12ClN3O.C2H6/c9-8-6(5-13)11-12-3-1-2-10-4-7(8)12;1-2/h10,13H,1-5H2;1-2H3. The molecule has 1 aromatic rings. The van der Waals surface area contributed by atoms with E-state index in [1.54, 1.807) is 0 Å². The molecule has 0 unspecified atom stereocenters. The lowest BCUT2D eigenvalue weighted by molar-refractivity contribution is 0.275. The molecule has 1 aliphatic heterocycles. The third-order valence-corrected chi connectivity index (χ3v) is 2.66. The highest BCUT2D eigenvalue weighted by molar-refractivity contribution is 6.31. The second-order valence-electron chi connectivity index (χ2n) is 3.12. The molecule has 0 aromatic carbocycles. The number of hydrogen-bond donors (Lipinski definition) is 2. The van der Waals surface area contributed by atoms with Gasteiger partial charge in [0.15, 0.2) is 0 Å². The van der Waals surface area contributed by atoms with Gasteiger partial charge in [0, 0.05) is 13.1 Å². The normalized spacial score (nSPS) is 14.9. The summed E-state index contributed by atoms with van der Waals surface area (Å²) in [6.45, 7) is 6.53. The molecule has 0 fully saturated rings. The number of rotatable bonds is 1. The summed E-state index contributed by atoms with van der Waals surface area (Å²) in [5, 5.41) is 17.0. The smallest absolute Gasteiger partial charge is 0.107 e. The van der Waals surface area contributed by atoms with Crippen LogP contribution in [-0.4, -0.2) is 21.4 Å². The number of aryl methyl sites for hydroxylation is 1. The van der Waals surface area contributed by atoms with Gasteiger partial charge in [-0.25, -0.2) is 0 Å². The van der Waals surface area contributed by atoms with Crippen LogP contribution < -0.4 is 5.32 Å². The Morgan fingerprint density at radius 2 is 2.27 bits per heavy atom. The Labute approximate surface area is 95.2 Å². The third-order valence-electron chi connectivity index (χ3n) is 2.23. The number of fused-ring (bicyclic) bond motifs is 1. The minimum atomic E-state index is -0.0845. The summed E-state index contributed by atoms with van der Waals surface area (Å²) in [4.78, 5) is 0. The third kappa shape index (κ3) is 2.71. The Hall–Kier alpha value is -0.580. The topological polar surface area (TPSA) is 50.1 Å². The number of aliphatic hydroxyl groups is 1. The van der Waals surface area contributed by atoms with Crippen molar-refractivity contribution in [1.82, 2.24) is 15.1 Å². The van der Waals surface area contributed by atoms with Gasteiger partial charge in [-0.1, -0.05) is 25.4 Å². The molecule has 0 aliphatic carbocycles. The second-order valence-corrected chi connectivity index (χ2v) is 3.50. The van der Waals surface area contributed by atoms with E-state index in [0.29, 0.717) is 10.7 Å². The van der Waals surface area contributed by atoms with Crippen LogP contribution in [0, 0.1) is 0 Å². The number of aromatic nitrogens is 2. The Morgan fingerprint density at radius 3 is 2.93 bits per heavy atom. The zero-order valence-electron chi connectivity index (χ0n) is 9.26. The fourth-order valence-electron chi connectivity index (χ4n) is 1.55. The van der Waals surface area contributed by atoms with E-state index in [2.05, 4.69) is 10.4 Å². The maximum atomic E-state index is 8.96. The van der Waals surface area contributed by atoms with Crippen molar-refractivity contribution in [2.24, 2.45) is 0 Å². The minimum Gasteiger partial charge on any atom is -0.390 e. The van der Waals surface area contributed by atoms with Gasteiger partial charge in [0.2, 0.25) is 0 Å².